The zero-order chi connectivity index (χ0) is 20.4. The molecule has 0 radical (unpaired) electrons. The average Bonchev–Trinajstić information content (AvgIpc) is 2.69. The molecule has 0 atom stereocenters. The number of fused-ring (bicyclic) bond motifs is 1. The van der Waals surface area contributed by atoms with E-state index in [-0.39, 0.29) is 11.3 Å². The van der Waals surface area contributed by atoms with E-state index in [0.29, 0.717) is 16.7 Å². The van der Waals surface area contributed by atoms with E-state index in [9.17, 15) is 17.6 Å². The van der Waals surface area contributed by atoms with E-state index in [1.165, 1.54) is 6.20 Å². The van der Waals surface area contributed by atoms with Crippen LogP contribution in [-0.2, 0) is 0 Å². The number of halogens is 4. The van der Waals surface area contributed by atoms with Crippen LogP contribution in [0.1, 0.15) is 0 Å². The van der Waals surface area contributed by atoms with Gasteiger partial charge in [0, 0.05) is 35.2 Å². The third-order valence-electron chi connectivity index (χ3n) is 3.99. The third kappa shape index (κ3) is 4.23. The Hall–Kier alpha value is -3.75. The Kier molecular flexibility index (Phi) is 4.71. The first-order valence-electron chi connectivity index (χ1n) is 8.37. The van der Waals surface area contributed by atoms with Crippen molar-refractivity contribution in [2.45, 2.75) is 6.36 Å². The van der Waals surface area contributed by atoms with Crippen molar-refractivity contribution in [2.24, 2.45) is 0 Å². The fourth-order valence-electron chi connectivity index (χ4n) is 2.79. The minimum Gasteiger partial charge on any atom is -0.406 e. The molecule has 9 heteroatoms. The quantitative estimate of drug-likeness (QED) is 0.460. The van der Waals surface area contributed by atoms with Crippen LogP contribution in [0, 0.1) is 5.82 Å². The second-order valence-electron chi connectivity index (χ2n) is 5.98. The first kappa shape index (κ1) is 18.6. The Labute approximate surface area is 162 Å². The number of rotatable bonds is 4. The summed E-state index contributed by atoms with van der Waals surface area (Å²) in [5.41, 5.74) is 1.56. The van der Waals surface area contributed by atoms with Crippen LogP contribution in [-0.4, -0.2) is 21.3 Å². The number of ether oxygens (including phenoxy) is 1. The molecule has 0 saturated carbocycles. The van der Waals surface area contributed by atoms with E-state index >= 15 is 0 Å². The van der Waals surface area contributed by atoms with Crippen molar-refractivity contribution in [1.29, 1.82) is 0 Å². The second kappa shape index (κ2) is 7.34. The Bertz CT molecular complexity index is 1170. The number of hydrogen-bond donors (Lipinski definition) is 1. The maximum atomic E-state index is 14.4. The van der Waals surface area contributed by atoms with Crippen molar-refractivity contribution in [3.05, 3.63) is 72.9 Å². The summed E-state index contributed by atoms with van der Waals surface area (Å²) >= 11 is 0. The topological polar surface area (TPSA) is 59.9 Å². The van der Waals surface area contributed by atoms with Crippen molar-refractivity contribution in [2.75, 3.05) is 5.32 Å². The first-order chi connectivity index (χ1) is 13.9. The molecule has 5 nitrogen and oxygen atoms in total. The molecule has 0 aliphatic carbocycles. The summed E-state index contributed by atoms with van der Waals surface area (Å²) in [6.45, 7) is 0. The molecule has 0 unspecified atom stereocenters. The molecule has 0 fully saturated rings. The van der Waals surface area contributed by atoms with Crippen LogP contribution in [0.5, 0.6) is 5.75 Å². The summed E-state index contributed by atoms with van der Waals surface area (Å²) in [6, 6.07) is 11.3. The second-order valence-corrected chi connectivity index (χ2v) is 5.98. The van der Waals surface area contributed by atoms with Crippen molar-refractivity contribution in [3.8, 4) is 17.0 Å². The SMILES string of the molecule is Fc1ccc(OC(F)(F)F)cc1-c1cc(Nc2ccncc2)c2cccnc2n1. The summed E-state index contributed by atoms with van der Waals surface area (Å²) in [5, 5.41) is 3.84. The van der Waals surface area contributed by atoms with E-state index in [0.717, 1.165) is 23.9 Å². The van der Waals surface area contributed by atoms with Crippen LogP contribution >= 0.6 is 0 Å². The molecule has 3 aromatic heterocycles. The molecule has 4 rings (SSSR count). The van der Waals surface area contributed by atoms with Crippen LogP contribution in [0.2, 0.25) is 0 Å². The summed E-state index contributed by atoms with van der Waals surface area (Å²) < 4.78 is 55.9. The van der Waals surface area contributed by atoms with Crippen LogP contribution in [0.4, 0.5) is 28.9 Å². The molecule has 0 spiro atoms. The molecule has 0 aliphatic heterocycles. The minimum absolute atomic E-state index is 0.109. The number of hydrogen-bond acceptors (Lipinski definition) is 5. The van der Waals surface area contributed by atoms with Gasteiger partial charge in [0.1, 0.15) is 11.6 Å². The van der Waals surface area contributed by atoms with E-state index in [1.54, 1.807) is 42.7 Å². The number of alkyl halides is 3. The molecule has 146 valence electrons. The van der Waals surface area contributed by atoms with Gasteiger partial charge in [0.2, 0.25) is 0 Å². The Balaban J connectivity index is 1.83. The fraction of sp³-hybridized carbons (Fsp3) is 0.0500. The number of pyridine rings is 3. The van der Waals surface area contributed by atoms with Gasteiger partial charge in [-0.15, -0.1) is 13.2 Å². The van der Waals surface area contributed by atoms with Crippen molar-refractivity contribution < 1.29 is 22.3 Å². The molecule has 0 amide bonds. The van der Waals surface area contributed by atoms with Gasteiger partial charge in [-0.25, -0.2) is 14.4 Å². The lowest BCUT2D eigenvalue weighted by Crippen LogP contribution is -2.17. The molecule has 1 aromatic carbocycles. The Morgan fingerprint density at radius 2 is 1.72 bits per heavy atom. The summed E-state index contributed by atoms with van der Waals surface area (Å²) in [5.74, 6) is -1.28. The highest BCUT2D eigenvalue weighted by Gasteiger charge is 2.31. The van der Waals surface area contributed by atoms with Gasteiger partial charge in [-0.2, -0.15) is 0 Å². The van der Waals surface area contributed by atoms with E-state index in [2.05, 4.69) is 25.0 Å². The standard InChI is InChI=1S/C20H12F4N4O/c21-16-4-3-13(29-20(22,23)24)10-15(16)18-11-17(27-12-5-8-25-9-6-12)14-2-1-7-26-19(14)28-18/h1-11H,(H,25,26,27,28). The smallest absolute Gasteiger partial charge is 0.406 e. The maximum Gasteiger partial charge on any atom is 0.573 e. The zero-order valence-corrected chi connectivity index (χ0v) is 14.6. The summed E-state index contributed by atoms with van der Waals surface area (Å²) in [4.78, 5) is 12.4. The maximum absolute atomic E-state index is 14.4. The highest BCUT2D eigenvalue weighted by atomic mass is 19.4. The predicted molar refractivity (Wildman–Crippen MR) is 99.1 cm³/mol. The van der Waals surface area contributed by atoms with Gasteiger partial charge in [-0.05, 0) is 48.5 Å². The number of nitrogens with zero attached hydrogens (tertiary/aromatic N) is 3. The predicted octanol–water partition coefficient (Wildman–Crippen LogP) is 5.47. The molecule has 0 aliphatic rings. The average molecular weight is 400 g/mol. The van der Waals surface area contributed by atoms with Gasteiger partial charge in [0.25, 0.3) is 0 Å². The Morgan fingerprint density at radius 3 is 2.48 bits per heavy atom. The molecule has 1 N–H and O–H groups in total. The molecule has 3 heterocycles. The number of benzene rings is 1. The highest BCUT2D eigenvalue weighted by molar-refractivity contribution is 5.93. The molecule has 4 aromatic rings. The fourth-order valence-corrected chi connectivity index (χ4v) is 2.79. The molecular formula is C20H12F4N4O. The molecular weight excluding hydrogens is 388 g/mol. The lowest BCUT2D eigenvalue weighted by Gasteiger charge is -2.13. The van der Waals surface area contributed by atoms with Gasteiger partial charge in [-0.3, -0.25) is 4.98 Å². The lowest BCUT2D eigenvalue weighted by molar-refractivity contribution is -0.274. The van der Waals surface area contributed by atoms with E-state index < -0.39 is 17.9 Å². The van der Waals surface area contributed by atoms with Gasteiger partial charge in [0.15, 0.2) is 5.65 Å². The van der Waals surface area contributed by atoms with Crippen LogP contribution in [0.15, 0.2) is 67.1 Å². The van der Waals surface area contributed by atoms with Gasteiger partial charge < -0.3 is 10.1 Å². The summed E-state index contributed by atoms with van der Waals surface area (Å²) in [7, 11) is 0. The van der Waals surface area contributed by atoms with Gasteiger partial charge >= 0.3 is 6.36 Å². The third-order valence-corrected chi connectivity index (χ3v) is 3.99. The zero-order valence-electron chi connectivity index (χ0n) is 14.6. The van der Waals surface area contributed by atoms with E-state index in [4.69, 9.17) is 0 Å². The lowest BCUT2D eigenvalue weighted by atomic mass is 10.1. The van der Waals surface area contributed by atoms with Crippen molar-refractivity contribution in [1.82, 2.24) is 15.0 Å². The largest absolute Gasteiger partial charge is 0.573 e. The first-order valence-corrected chi connectivity index (χ1v) is 8.37. The normalized spacial score (nSPS) is 11.4. The number of nitrogens with one attached hydrogen (secondary N) is 1. The number of aromatic nitrogens is 3. The van der Waals surface area contributed by atoms with Gasteiger partial charge in [-0.1, -0.05) is 0 Å². The summed E-state index contributed by atoms with van der Waals surface area (Å²) in [6.07, 6.45) is -0.165. The van der Waals surface area contributed by atoms with Crippen LogP contribution < -0.4 is 10.1 Å². The number of anilines is 2. The molecule has 29 heavy (non-hydrogen) atoms. The van der Waals surface area contributed by atoms with Crippen molar-refractivity contribution >= 4 is 22.4 Å². The van der Waals surface area contributed by atoms with Gasteiger partial charge in [0.05, 0.1) is 11.4 Å². The highest BCUT2D eigenvalue weighted by Crippen LogP contribution is 2.33. The van der Waals surface area contributed by atoms with Crippen LogP contribution in [0.25, 0.3) is 22.3 Å². The van der Waals surface area contributed by atoms with E-state index in [1.807, 2.05) is 0 Å². The monoisotopic (exact) mass is 400 g/mol. The van der Waals surface area contributed by atoms with Crippen LogP contribution in [0.3, 0.4) is 0 Å². The Morgan fingerprint density at radius 1 is 0.931 bits per heavy atom. The van der Waals surface area contributed by atoms with Crippen molar-refractivity contribution in [3.63, 3.8) is 0 Å². The minimum atomic E-state index is -4.89. The molecule has 0 bridgehead atoms. The molecule has 0 saturated heterocycles.